The molecule has 19 heavy (non-hydrogen) atoms. The van der Waals surface area contributed by atoms with E-state index in [1.807, 2.05) is 24.3 Å². The second-order valence-corrected chi connectivity index (χ2v) is 5.17. The highest BCUT2D eigenvalue weighted by Crippen LogP contribution is 2.47. The van der Waals surface area contributed by atoms with Gasteiger partial charge in [0.1, 0.15) is 11.5 Å². The van der Waals surface area contributed by atoms with Crippen molar-refractivity contribution >= 4 is 5.69 Å². The summed E-state index contributed by atoms with van der Waals surface area (Å²) in [5, 5.41) is 12.1. The number of hydrogen-bond donors (Lipinski definition) is 1. The van der Waals surface area contributed by atoms with Crippen molar-refractivity contribution in [2.24, 2.45) is 5.92 Å². The summed E-state index contributed by atoms with van der Waals surface area (Å²) in [5.41, 5.74) is 1.61. The van der Waals surface area contributed by atoms with Crippen molar-refractivity contribution in [2.45, 2.75) is 25.8 Å². The molecule has 1 aliphatic rings. The van der Waals surface area contributed by atoms with E-state index >= 15 is 0 Å². The first-order valence-corrected chi connectivity index (χ1v) is 6.59. The standard InChI is InChI=1S/C16H16N2O/c1-11-7-15(11)16-6-5-14(19-16)10-18-13-4-2-3-12(8-13)9-17/h2-6,8,11,15,18H,7,10H2,1H3. The molecule has 1 aromatic carbocycles. The van der Waals surface area contributed by atoms with Crippen LogP contribution in [-0.4, -0.2) is 0 Å². The maximum absolute atomic E-state index is 8.85. The number of benzene rings is 1. The predicted octanol–water partition coefficient (Wildman–Crippen LogP) is 3.89. The molecule has 3 heteroatoms. The molecule has 1 saturated carbocycles. The topological polar surface area (TPSA) is 49.0 Å². The van der Waals surface area contributed by atoms with Gasteiger partial charge in [-0.05, 0) is 42.7 Å². The van der Waals surface area contributed by atoms with Gasteiger partial charge < -0.3 is 9.73 Å². The quantitative estimate of drug-likeness (QED) is 0.898. The van der Waals surface area contributed by atoms with Gasteiger partial charge in [0.2, 0.25) is 0 Å². The number of nitrogens with one attached hydrogen (secondary N) is 1. The smallest absolute Gasteiger partial charge is 0.123 e. The fraction of sp³-hybridized carbons (Fsp3) is 0.312. The van der Waals surface area contributed by atoms with Crippen molar-refractivity contribution < 1.29 is 4.42 Å². The van der Waals surface area contributed by atoms with Crippen LogP contribution >= 0.6 is 0 Å². The number of nitrogens with zero attached hydrogens (tertiary/aromatic N) is 1. The maximum atomic E-state index is 8.85. The van der Waals surface area contributed by atoms with Crippen LogP contribution in [0.25, 0.3) is 0 Å². The number of furan rings is 1. The van der Waals surface area contributed by atoms with Crippen molar-refractivity contribution in [3.8, 4) is 6.07 Å². The van der Waals surface area contributed by atoms with Crippen LogP contribution in [-0.2, 0) is 6.54 Å². The molecule has 3 rings (SSSR count). The Kier molecular flexibility index (Phi) is 3.00. The molecule has 96 valence electrons. The van der Waals surface area contributed by atoms with Crippen LogP contribution in [0, 0.1) is 17.2 Å². The third kappa shape index (κ3) is 2.63. The molecular formula is C16H16N2O. The molecule has 2 atom stereocenters. The third-order valence-corrected chi connectivity index (χ3v) is 3.62. The molecule has 1 aromatic heterocycles. The molecule has 0 saturated heterocycles. The van der Waals surface area contributed by atoms with E-state index in [1.54, 1.807) is 6.07 Å². The summed E-state index contributed by atoms with van der Waals surface area (Å²) in [4.78, 5) is 0. The van der Waals surface area contributed by atoms with Crippen molar-refractivity contribution in [1.29, 1.82) is 5.26 Å². The zero-order valence-corrected chi connectivity index (χ0v) is 10.9. The van der Waals surface area contributed by atoms with E-state index in [0.717, 1.165) is 23.1 Å². The molecule has 0 amide bonds. The molecule has 2 unspecified atom stereocenters. The van der Waals surface area contributed by atoms with Gasteiger partial charge in [0.25, 0.3) is 0 Å². The van der Waals surface area contributed by atoms with Gasteiger partial charge in [-0.3, -0.25) is 0 Å². The van der Waals surface area contributed by atoms with Crippen molar-refractivity contribution in [2.75, 3.05) is 5.32 Å². The van der Waals surface area contributed by atoms with Crippen LogP contribution in [0.15, 0.2) is 40.8 Å². The molecule has 0 spiro atoms. The van der Waals surface area contributed by atoms with Gasteiger partial charge in [0, 0.05) is 11.6 Å². The van der Waals surface area contributed by atoms with Gasteiger partial charge in [-0.2, -0.15) is 5.26 Å². The van der Waals surface area contributed by atoms with Crippen LogP contribution in [0.4, 0.5) is 5.69 Å². The van der Waals surface area contributed by atoms with Crippen LogP contribution in [0.5, 0.6) is 0 Å². The Bertz CT molecular complexity index is 624. The van der Waals surface area contributed by atoms with Gasteiger partial charge in [-0.25, -0.2) is 0 Å². The van der Waals surface area contributed by atoms with Crippen molar-refractivity contribution in [1.82, 2.24) is 0 Å². The van der Waals surface area contributed by atoms with E-state index < -0.39 is 0 Å². The first-order chi connectivity index (χ1) is 9.26. The molecule has 0 aliphatic heterocycles. The molecule has 1 heterocycles. The summed E-state index contributed by atoms with van der Waals surface area (Å²) in [6.07, 6.45) is 1.24. The van der Waals surface area contributed by atoms with Crippen LogP contribution in [0.3, 0.4) is 0 Å². The second kappa shape index (κ2) is 4.81. The lowest BCUT2D eigenvalue weighted by Crippen LogP contribution is -1.98. The molecule has 0 radical (unpaired) electrons. The molecule has 1 aliphatic carbocycles. The predicted molar refractivity (Wildman–Crippen MR) is 73.7 cm³/mol. The van der Waals surface area contributed by atoms with E-state index in [4.69, 9.17) is 9.68 Å². The second-order valence-electron chi connectivity index (χ2n) is 5.17. The number of hydrogen-bond acceptors (Lipinski definition) is 3. The normalized spacial score (nSPS) is 20.8. The van der Waals surface area contributed by atoms with Crippen LogP contribution in [0.2, 0.25) is 0 Å². The van der Waals surface area contributed by atoms with Crippen molar-refractivity contribution in [3.05, 3.63) is 53.5 Å². The zero-order valence-electron chi connectivity index (χ0n) is 10.9. The third-order valence-electron chi connectivity index (χ3n) is 3.62. The Morgan fingerprint density at radius 2 is 2.21 bits per heavy atom. The van der Waals surface area contributed by atoms with E-state index in [-0.39, 0.29) is 0 Å². The summed E-state index contributed by atoms with van der Waals surface area (Å²) in [6.45, 7) is 2.90. The van der Waals surface area contributed by atoms with E-state index in [0.29, 0.717) is 18.0 Å². The number of rotatable bonds is 4. The summed E-state index contributed by atoms with van der Waals surface area (Å²) in [7, 11) is 0. The lowest BCUT2D eigenvalue weighted by Gasteiger charge is -2.04. The minimum atomic E-state index is 0.621. The lowest BCUT2D eigenvalue weighted by atomic mass is 10.2. The van der Waals surface area contributed by atoms with Crippen LogP contribution in [0.1, 0.15) is 36.3 Å². The Labute approximate surface area is 112 Å². The molecule has 3 nitrogen and oxygen atoms in total. The molecular weight excluding hydrogens is 236 g/mol. The number of anilines is 1. The average Bonchev–Trinajstić information content (AvgIpc) is 2.99. The van der Waals surface area contributed by atoms with Gasteiger partial charge in [-0.1, -0.05) is 13.0 Å². The monoisotopic (exact) mass is 252 g/mol. The van der Waals surface area contributed by atoms with Crippen LogP contribution < -0.4 is 5.32 Å². The van der Waals surface area contributed by atoms with Crippen molar-refractivity contribution in [3.63, 3.8) is 0 Å². The summed E-state index contributed by atoms with van der Waals surface area (Å²) in [6, 6.07) is 13.7. The SMILES string of the molecule is CC1CC1c1ccc(CNc2cccc(C#N)c2)o1. The van der Waals surface area contributed by atoms with Gasteiger partial charge in [-0.15, -0.1) is 0 Å². The van der Waals surface area contributed by atoms with Gasteiger partial charge in [0.05, 0.1) is 18.2 Å². The van der Waals surface area contributed by atoms with E-state index in [1.165, 1.54) is 6.42 Å². The fourth-order valence-corrected chi connectivity index (χ4v) is 2.30. The summed E-state index contributed by atoms with van der Waals surface area (Å²) in [5.74, 6) is 3.43. The molecule has 2 aromatic rings. The lowest BCUT2D eigenvalue weighted by molar-refractivity contribution is 0.468. The minimum absolute atomic E-state index is 0.621. The largest absolute Gasteiger partial charge is 0.464 e. The highest BCUT2D eigenvalue weighted by molar-refractivity contribution is 5.49. The number of nitriles is 1. The van der Waals surface area contributed by atoms with E-state index in [9.17, 15) is 0 Å². The summed E-state index contributed by atoms with van der Waals surface area (Å²) >= 11 is 0. The highest BCUT2D eigenvalue weighted by atomic mass is 16.3. The Hall–Kier alpha value is -2.21. The fourth-order valence-electron chi connectivity index (χ4n) is 2.30. The maximum Gasteiger partial charge on any atom is 0.123 e. The van der Waals surface area contributed by atoms with E-state index in [2.05, 4.69) is 24.4 Å². The first kappa shape index (κ1) is 11.9. The highest BCUT2D eigenvalue weighted by Gasteiger charge is 2.36. The zero-order chi connectivity index (χ0) is 13.2. The molecule has 1 N–H and O–H groups in total. The summed E-state index contributed by atoms with van der Waals surface area (Å²) < 4.78 is 5.83. The van der Waals surface area contributed by atoms with Gasteiger partial charge >= 0.3 is 0 Å². The Morgan fingerprint density at radius 3 is 2.95 bits per heavy atom. The Morgan fingerprint density at radius 1 is 1.37 bits per heavy atom. The first-order valence-electron chi connectivity index (χ1n) is 6.59. The average molecular weight is 252 g/mol. The molecule has 1 fully saturated rings. The Balaban J connectivity index is 1.62. The molecule has 0 bridgehead atoms. The van der Waals surface area contributed by atoms with Gasteiger partial charge in [0.15, 0.2) is 0 Å². The minimum Gasteiger partial charge on any atom is -0.464 e.